The molecule has 5 heterocycles. The minimum absolute atomic E-state index is 0.208. The van der Waals surface area contributed by atoms with Gasteiger partial charge in [-0.2, -0.15) is 13.2 Å². The third-order valence-electron chi connectivity index (χ3n) is 7.40. The number of piperidine rings is 1. The molecule has 2 aliphatic rings. The van der Waals surface area contributed by atoms with E-state index in [0.717, 1.165) is 78.2 Å². The van der Waals surface area contributed by atoms with Gasteiger partial charge >= 0.3 is 11.9 Å². The highest BCUT2D eigenvalue weighted by Crippen LogP contribution is 2.38. The largest absolute Gasteiger partial charge is 0.393 e. The van der Waals surface area contributed by atoms with Crippen molar-refractivity contribution in [2.45, 2.75) is 51.4 Å². The number of halogens is 3. The SMILES string of the molecule is CCc1nc(N2CCC3CCN(Cc4ccc5[nH]c(=O)[nH]c5c4)C3C2)c2cc(CC(F)(F)F)sc2n1. The Bertz CT molecular complexity index is 1470. The molecule has 2 aliphatic heterocycles. The highest BCUT2D eigenvalue weighted by molar-refractivity contribution is 7.18. The second-order valence-corrected chi connectivity index (χ2v) is 10.9. The first kappa shape index (κ1) is 23.5. The second-order valence-electron chi connectivity index (χ2n) is 9.82. The number of hydrogen-bond donors (Lipinski definition) is 2. The Balaban J connectivity index is 1.27. The summed E-state index contributed by atoms with van der Waals surface area (Å²) in [6.07, 6.45) is -2.40. The second kappa shape index (κ2) is 8.88. The van der Waals surface area contributed by atoms with E-state index >= 15 is 0 Å². The van der Waals surface area contributed by atoms with E-state index in [1.165, 1.54) is 0 Å². The third kappa shape index (κ3) is 4.50. The number of fused-ring (bicyclic) bond motifs is 3. The highest BCUT2D eigenvalue weighted by Gasteiger charge is 2.39. The van der Waals surface area contributed by atoms with Crippen LogP contribution in [0.25, 0.3) is 21.3 Å². The zero-order valence-electron chi connectivity index (χ0n) is 19.9. The van der Waals surface area contributed by atoms with Gasteiger partial charge in [-0.15, -0.1) is 11.3 Å². The van der Waals surface area contributed by atoms with Crippen LogP contribution in [0.15, 0.2) is 29.1 Å². The van der Waals surface area contributed by atoms with Crippen molar-refractivity contribution >= 4 is 38.4 Å². The van der Waals surface area contributed by atoms with Crippen molar-refractivity contribution in [3.05, 3.63) is 51.0 Å². The molecule has 7 nitrogen and oxygen atoms in total. The maximum Gasteiger partial charge on any atom is 0.393 e. The van der Waals surface area contributed by atoms with Gasteiger partial charge in [0.05, 0.1) is 22.8 Å². The number of hydrogen-bond acceptors (Lipinski definition) is 6. The van der Waals surface area contributed by atoms with E-state index < -0.39 is 12.6 Å². The van der Waals surface area contributed by atoms with Gasteiger partial charge in [-0.25, -0.2) is 14.8 Å². The van der Waals surface area contributed by atoms with Gasteiger partial charge in [-0.1, -0.05) is 13.0 Å². The molecule has 2 saturated heterocycles. The van der Waals surface area contributed by atoms with Crippen LogP contribution in [-0.4, -0.2) is 56.7 Å². The number of imidazole rings is 1. The Kier molecular flexibility index (Phi) is 5.79. The molecule has 0 amide bonds. The van der Waals surface area contributed by atoms with Crippen LogP contribution in [0.2, 0.25) is 0 Å². The Morgan fingerprint density at radius 3 is 2.72 bits per heavy atom. The number of nitrogens with one attached hydrogen (secondary N) is 2. The molecule has 4 aromatic rings. The van der Waals surface area contributed by atoms with Crippen LogP contribution in [-0.2, 0) is 19.4 Å². The molecule has 3 aromatic heterocycles. The molecule has 11 heteroatoms. The number of benzene rings is 1. The van der Waals surface area contributed by atoms with Crippen molar-refractivity contribution in [3.8, 4) is 0 Å². The van der Waals surface area contributed by atoms with E-state index in [2.05, 4.69) is 30.8 Å². The van der Waals surface area contributed by atoms with E-state index in [-0.39, 0.29) is 10.6 Å². The summed E-state index contributed by atoms with van der Waals surface area (Å²) in [5.74, 6) is 2.01. The number of likely N-dealkylation sites (tertiary alicyclic amines) is 1. The first-order valence-corrected chi connectivity index (χ1v) is 13.1. The summed E-state index contributed by atoms with van der Waals surface area (Å²) in [6.45, 7) is 5.37. The maximum absolute atomic E-state index is 13.1. The molecule has 6 rings (SSSR count). The van der Waals surface area contributed by atoms with Gasteiger partial charge in [-0.05, 0) is 49.1 Å². The standard InChI is InChI=1S/C25H27F3N6OS/c1-2-21-31-22(17-10-16(11-25(26,27)28)36-23(17)32-21)34-8-6-15-5-7-33(20(15)13-34)12-14-3-4-18-19(9-14)30-24(35)29-18/h3-4,9-10,15,20H,2,5-8,11-13H2,1H3,(H2,29,30,35). The van der Waals surface area contributed by atoms with Crippen molar-refractivity contribution in [3.63, 3.8) is 0 Å². The van der Waals surface area contributed by atoms with Crippen LogP contribution in [0.4, 0.5) is 19.0 Å². The zero-order chi connectivity index (χ0) is 25.0. The zero-order valence-corrected chi connectivity index (χ0v) is 20.7. The average molecular weight is 517 g/mol. The molecule has 0 bridgehead atoms. The summed E-state index contributed by atoms with van der Waals surface area (Å²) in [4.78, 5) is 32.2. The fourth-order valence-electron chi connectivity index (χ4n) is 5.71. The monoisotopic (exact) mass is 516 g/mol. The lowest BCUT2D eigenvalue weighted by molar-refractivity contribution is -0.126. The van der Waals surface area contributed by atoms with Crippen molar-refractivity contribution in [1.82, 2.24) is 24.8 Å². The van der Waals surface area contributed by atoms with Gasteiger partial charge in [-0.3, -0.25) is 4.90 Å². The van der Waals surface area contributed by atoms with Gasteiger partial charge in [0.15, 0.2) is 0 Å². The minimum Gasteiger partial charge on any atom is -0.354 e. The lowest BCUT2D eigenvalue weighted by atomic mass is 9.92. The number of nitrogens with zero attached hydrogens (tertiary/aromatic N) is 4. The number of rotatable bonds is 5. The van der Waals surface area contributed by atoms with Crippen LogP contribution in [0.1, 0.15) is 36.0 Å². The van der Waals surface area contributed by atoms with Crippen molar-refractivity contribution in [1.29, 1.82) is 0 Å². The van der Waals surface area contributed by atoms with Crippen LogP contribution in [0.5, 0.6) is 0 Å². The fraction of sp³-hybridized carbons (Fsp3) is 0.480. The predicted molar refractivity (Wildman–Crippen MR) is 135 cm³/mol. The van der Waals surface area contributed by atoms with Gasteiger partial charge in [0.25, 0.3) is 0 Å². The van der Waals surface area contributed by atoms with Crippen LogP contribution >= 0.6 is 11.3 Å². The summed E-state index contributed by atoms with van der Waals surface area (Å²) in [6, 6.07) is 7.98. The minimum atomic E-state index is -4.25. The molecule has 2 fully saturated rings. The molecule has 0 aliphatic carbocycles. The number of alkyl halides is 3. The quantitative estimate of drug-likeness (QED) is 0.404. The highest BCUT2D eigenvalue weighted by atomic mass is 32.1. The Hall–Kier alpha value is -2.92. The molecule has 190 valence electrons. The predicted octanol–water partition coefficient (Wildman–Crippen LogP) is 4.63. The normalized spacial score (nSPS) is 21.1. The molecule has 2 N–H and O–H groups in total. The summed E-state index contributed by atoms with van der Waals surface area (Å²) in [5, 5.41) is 0.723. The van der Waals surface area contributed by atoms with E-state index in [0.29, 0.717) is 29.0 Å². The number of anilines is 1. The number of thiophene rings is 1. The summed E-state index contributed by atoms with van der Waals surface area (Å²) >= 11 is 1.12. The fourth-order valence-corrected chi connectivity index (χ4v) is 6.78. The number of aromatic nitrogens is 4. The van der Waals surface area contributed by atoms with Crippen molar-refractivity contribution in [2.24, 2.45) is 5.92 Å². The third-order valence-corrected chi connectivity index (χ3v) is 8.43. The molecular formula is C25H27F3N6OS. The van der Waals surface area contributed by atoms with E-state index in [1.54, 1.807) is 6.07 Å². The van der Waals surface area contributed by atoms with Gasteiger partial charge in [0.1, 0.15) is 16.5 Å². The smallest absolute Gasteiger partial charge is 0.354 e. The maximum atomic E-state index is 13.1. The molecule has 2 unspecified atom stereocenters. The first-order chi connectivity index (χ1) is 17.3. The Labute approximate surface area is 209 Å². The van der Waals surface area contributed by atoms with E-state index in [1.807, 2.05) is 19.1 Å². The van der Waals surface area contributed by atoms with Gasteiger partial charge < -0.3 is 14.9 Å². The van der Waals surface area contributed by atoms with Crippen LogP contribution < -0.4 is 10.6 Å². The Morgan fingerprint density at radius 1 is 1.11 bits per heavy atom. The average Bonchev–Trinajstić information content (AvgIpc) is 3.52. The number of H-pyrrole nitrogens is 2. The molecule has 0 radical (unpaired) electrons. The molecule has 0 spiro atoms. The summed E-state index contributed by atoms with van der Waals surface area (Å²) in [7, 11) is 0. The molecule has 36 heavy (non-hydrogen) atoms. The molecular weight excluding hydrogens is 489 g/mol. The molecule has 2 atom stereocenters. The number of aromatic amines is 2. The van der Waals surface area contributed by atoms with E-state index in [4.69, 9.17) is 4.98 Å². The molecule has 0 saturated carbocycles. The van der Waals surface area contributed by atoms with Crippen LogP contribution in [0.3, 0.4) is 0 Å². The van der Waals surface area contributed by atoms with Crippen molar-refractivity contribution < 1.29 is 13.2 Å². The summed E-state index contributed by atoms with van der Waals surface area (Å²) < 4.78 is 39.2. The van der Waals surface area contributed by atoms with Crippen molar-refractivity contribution in [2.75, 3.05) is 24.5 Å². The first-order valence-electron chi connectivity index (χ1n) is 12.3. The molecule has 1 aromatic carbocycles. The lowest BCUT2D eigenvalue weighted by Crippen LogP contribution is -2.48. The van der Waals surface area contributed by atoms with E-state index in [9.17, 15) is 18.0 Å². The Morgan fingerprint density at radius 2 is 1.92 bits per heavy atom. The van der Waals surface area contributed by atoms with Gasteiger partial charge in [0, 0.05) is 37.0 Å². The lowest BCUT2D eigenvalue weighted by Gasteiger charge is -2.39. The van der Waals surface area contributed by atoms with Gasteiger partial charge in [0.2, 0.25) is 0 Å². The number of aryl methyl sites for hydroxylation is 1. The van der Waals surface area contributed by atoms with Crippen LogP contribution in [0, 0.1) is 5.92 Å². The topological polar surface area (TPSA) is 80.9 Å². The summed E-state index contributed by atoms with van der Waals surface area (Å²) in [5.41, 5.74) is 2.54.